The Bertz CT molecular complexity index is 1320. The van der Waals surface area contributed by atoms with E-state index in [-0.39, 0.29) is 17.0 Å². The van der Waals surface area contributed by atoms with Crippen molar-refractivity contribution in [2.24, 2.45) is 0 Å². The van der Waals surface area contributed by atoms with Gasteiger partial charge in [-0.15, -0.1) is 0 Å². The van der Waals surface area contributed by atoms with Crippen LogP contribution >= 0.6 is 35.0 Å². The zero-order valence-electron chi connectivity index (χ0n) is 17.4. The van der Waals surface area contributed by atoms with E-state index in [0.29, 0.717) is 39.4 Å². The fourth-order valence-electron chi connectivity index (χ4n) is 3.50. The molecule has 1 N–H and O–H groups in total. The Labute approximate surface area is 208 Å². The summed E-state index contributed by atoms with van der Waals surface area (Å²) < 4.78 is 0. The maximum atomic E-state index is 13.0. The van der Waals surface area contributed by atoms with Crippen LogP contribution in [0, 0.1) is 10.1 Å². The highest BCUT2D eigenvalue weighted by molar-refractivity contribution is 8.18. The maximum Gasteiger partial charge on any atom is 0.311 e. The molecule has 0 atom stereocenters. The van der Waals surface area contributed by atoms with Crippen molar-refractivity contribution in [2.45, 2.75) is 13.0 Å². The van der Waals surface area contributed by atoms with Crippen LogP contribution in [0.4, 0.5) is 10.5 Å². The van der Waals surface area contributed by atoms with Crippen LogP contribution in [0.1, 0.15) is 22.3 Å². The van der Waals surface area contributed by atoms with Crippen molar-refractivity contribution < 1.29 is 19.6 Å². The number of nitro benzene ring substituents is 1. The molecule has 7 nitrogen and oxygen atoms in total. The predicted octanol–water partition coefficient (Wildman–Crippen LogP) is 6.43. The van der Waals surface area contributed by atoms with Crippen molar-refractivity contribution in [1.82, 2.24) is 4.90 Å². The van der Waals surface area contributed by atoms with Gasteiger partial charge in [-0.3, -0.25) is 24.6 Å². The van der Waals surface area contributed by atoms with Crippen molar-refractivity contribution in [1.29, 1.82) is 0 Å². The van der Waals surface area contributed by atoms with E-state index in [0.717, 1.165) is 10.5 Å². The molecule has 2 amide bonds. The van der Waals surface area contributed by atoms with Crippen molar-refractivity contribution in [3.05, 3.63) is 108 Å². The van der Waals surface area contributed by atoms with Gasteiger partial charge in [-0.05, 0) is 53.6 Å². The molecule has 1 fully saturated rings. The minimum absolute atomic E-state index is 0.0228. The van der Waals surface area contributed by atoms with Gasteiger partial charge in [0.1, 0.15) is 0 Å². The average Bonchev–Trinajstić information content (AvgIpc) is 3.06. The predicted molar refractivity (Wildman–Crippen MR) is 132 cm³/mol. The van der Waals surface area contributed by atoms with E-state index in [1.165, 1.54) is 12.1 Å². The molecule has 1 saturated heterocycles. The molecule has 34 heavy (non-hydrogen) atoms. The number of hydrogen-bond acceptors (Lipinski definition) is 6. The molecule has 0 saturated carbocycles. The number of phenolic OH excluding ortho intramolecular Hbond substituents is 1. The van der Waals surface area contributed by atoms with Crippen molar-refractivity contribution in [3.8, 4) is 5.75 Å². The number of benzene rings is 3. The molecule has 0 radical (unpaired) electrons. The highest BCUT2D eigenvalue weighted by atomic mass is 35.5. The van der Waals surface area contributed by atoms with Gasteiger partial charge in [-0.2, -0.15) is 0 Å². The van der Waals surface area contributed by atoms with E-state index >= 15 is 0 Å². The van der Waals surface area contributed by atoms with Crippen molar-refractivity contribution in [2.75, 3.05) is 0 Å². The summed E-state index contributed by atoms with van der Waals surface area (Å²) in [6.45, 7) is -0.124. The van der Waals surface area contributed by atoms with Crippen LogP contribution in [0.5, 0.6) is 5.75 Å². The number of halogens is 2. The van der Waals surface area contributed by atoms with Gasteiger partial charge in [-0.25, -0.2) is 0 Å². The molecule has 0 aliphatic carbocycles. The standard InChI is InChI=1S/C24H16Cl2N2O5S/c25-18-7-4-8-19(26)17(18)13-27-23(30)21(34-24(27)31)12-16-10-15(9-14-5-2-1-3-6-14)11-20(22(16)29)28(32)33/h1-8,10-12,29H,9,13H2/b21-12-. The second-order valence-electron chi connectivity index (χ2n) is 7.44. The van der Waals surface area contributed by atoms with Gasteiger partial charge in [0, 0.05) is 27.2 Å². The summed E-state index contributed by atoms with van der Waals surface area (Å²) in [4.78, 5) is 37.4. The van der Waals surface area contributed by atoms with Gasteiger partial charge >= 0.3 is 5.69 Å². The normalized spacial score (nSPS) is 14.8. The third kappa shape index (κ3) is 4.94. The number of carbonyl (C=O) groups excluding carboxylic acids is 2. The minimum Gasteiger partial charge on any atom is -0.502 e. The maximum absolute atomic E-state index is 13.0. The molecule has 0 aromatic heterocycles. The molecular formula is C24H16Cl2N2O5S. The van der Waals surface area contributed by atoms with Crippen molar-refractivity contribution >= 4 is 57.9 Å². The van der Waals surface area contributed by atoms with Crippen LogP contribution < -0.4 is 0 Å². The topological polar surface area (TPSA) is 101 Å². The summed E-state index contributed by atoms with van der Waals surface area (Å²) in [6.07, 6.45) is 1.67. The van der Waals surface area contributed by atoms with Crippen LogP contribution in [-0.4, -0.2) is 26.1 Å². The van der Waals surface area contributed by atoms with Crippen LogP contribution in [0.2, 0.25) is 10.0 Å². The molecule has 1 aliphatic rings. The van der Waals surface area contributed by atoms with Gasteiger partial charge in [-0.1, -0.05) is 59.6 Å². The van der Waals surface area contributed by atoms with Crippen molar-refractivity contribution in [3.63, 3.8) is 0 Å². The van der Waals surface area contributed by atoms with E-state index < -0.39 is 27.5 Å². The number of carbonyl (C=O) groups is 2. The van der Waals surface area contributed by atoms with Crippen LogP contribution in [0.15, 0.2) is 65.6 Å². The van der Waals surface area contributed by atoms with E-state index in [2.05, 4.69) is 0 Å². The lowest BCUT2D eigenvalue weighted by Gasteiger charge is -2.14. The SMILES string of the molecule is O=C1S/C(=C\c2cc(Cc3ccccc3)cc([N+](=O)[O-])c2O)C(=O)N1Cc1c(Cl)cccc1Cl. The number of rotatable bonds is 6. The lowest BCUT2D eigenvalue weighted by molar-refractivity contribution is -0.385. The van der Waals surface area contributed by atoms with E-state index in [1.807, 2.05) is 30.3 Å². The molecule has 3 aromatic carbocycles. The molecule has 3 aromatic rings. The highest BCUT2D eigenvalue weighted by Gasteiger charge is 2.36. The Balaban J connectivity index is 1.68. The third-order valence-electron chi connectivity index (χ3n) is 5.16. The van der Waals surface area contributed by atoms with Crippen LogP contribution in [-0.2, 0) is 17.8 Å². The van der Waals surface area contributed by atoms with E-state index in [4.69, 9.17) is 23.2 Å². The number of thioether (sulfide) groups is 1. The first-order valence-electron chi connectivity index (χ1n) is 9.97. The lowest BCUT2D eigenvalue weighted by Crippen LogP contribution is -2.27. The summed E-state index contributed by atoms with van der Waals surface area (Å²) in [6, 6.07) is 17.0. The number of imide groups is 1. The summed E-state index contributed by atoms with van der Waals surface area (Å²) in [5.74, 6) is -1.19. The van der Waals surface area contributed by atoms with Crippen LogP contribution in [0.3, 0.4) is 0 Å². The lowest BCUT2D eigenvalue weighted by atomic mass is 10.0. The molecule has 4 rings (SSSR count). The zero-order chi connectivity index (χ0) is 24.4. The Morgan fingerprint density at radius 3 is 2.32 bits per heavy atom. The summed E-state index contributed by atoms with van der Waals surface area (Å²) in [5.41, 5.74) is 1.51. The monoisotopic (exact) mass is 514 g/mol. The Morgan fingerprint density at radius 2 is 1.68 bits per heavy atom. The largest absolute Gasteiger partial charge is 0.502 e. The van der Waals surface area contributed by atoms with Gasteiger partial charge in [0.15, 0.2) is 0 Å². The number of hydrogen-bond donors (Lipinski definition) is 1. The van der Waals surface area contributed by atoms with Gasteiger partial charge in [0.25, 0.3) is 11.1 Å². The van der Waals surface area contributed by atoms with Crippen LogP contribution in [0.25, 0.3) is 6.08 Å². The van der Waals surface area contributed by atoms with Gasteiger partial charge < -0.3 is 5.11 Å². The van der Waals surface area contributed by atoms with Gasteiger partial charge in [0.05, 0.1) is 16.4 Å². The molecule has 172 valence electrons. The summed E-state index contributed by atoms with van der Waals surface area (Å²) >= 11 is 13.0. The molecule has 0 bridgehead atoms. The molecule has 0 spiro atoms. The molecule has 1 heterocycles. The smallest absolute Gasteiger partial charge is 0.311 e. The number of nitrogens with zero attached hydrogens (tertiary/aromatic N) is 2. The second kappa shape index (κ2) is 9.89. The molecule has 10 heteroatoms. The quantitative estimate of drug-likeness (QED) is 0.231. The number of phenols is 1. The third-order valence-corrected chi connectivity index (χ3v) is 6.78. The second-order valence-corrected chi connectivity index (χ2v) is 9.25. The minimum atomic E-state index is -0.688. The Kier molecular flexibility index (Phi) is 6.92. The first kappa shape index (κ1) is 23.8. The number of aromatic hydroxyl groups is 1. The summed E-state index contributed by atoms with van der Waals surface area (Å²) in [5, 5.41) is 22.1. The van der Waals surface area contributed by atoms with E-state index in [9.17, 15) is 24.8 Å². The molecule has 1 aliphatic heterocycles. The average molecular weight is 515 g/mol. The fourth-order valence-corrected chi connectivity index (χ4v) is 4.85. The highest BCUT2D eigenvalue weighted by Crippen LogP contribution is 2.39. The Morgan fingerprint density at radius 1 is 1.00 bits per heavy atom. The molecule has 0 unspecified atom stereocenters. The first-order chi connectivity index (χ1) is 16.2. The molecular weight excluding hydrogens is 499 g/mol. The first-order valence-corrected chi connectivity index (χ1v) is 11.5. The number of nitro groups is 1. The zero-order valence-corrected chi connectivity index (χ0v) is 19.7. The fraction of sp³-hybridized carbons (Fsp3) is 0.0833. The van der Waals surface area contributed by atoms with E-state index in [1.54, 1.807) is 24.3 Å². The Hall–Kier alpha value is -3.33. The summed E-state index contributed by atoms with van der Waals surface area (Å²) in [7, 11) is 0. The number of amides is 2. The van der Waals surface area contributed by atoms with Gasteiger partial charge in [0.2, 0.25) is 5.75 Å².